The van der Waals surface area contributed by atoms with Gasteiger partial charge in [0.25, 0.3) is 5.91 Å². The Bertz CT molecular complexity index is 476. The number of hydrogen-bond donors (Lipinski definition) is 2. The van der Waals surface area contributed by atoms with Crippen molar-refractivity contribution >= 4 is 5.91 Å². The topological polar surface area (TPSA) is 57.8 Å². The Morgan fingerprint density at radius 1 is 1.38 bits per heavy atom. The monoisotopic (exact) mass is 215 g/mol. The summed E-state index contributed by atoms with van der Waals surface area (Å²) in [5, 5.41) is 9.55. The molecule has 0 fully saturated rings. The third-order valence-corrected chi connectivity index (χ3v) is 2.23. The number of amides is 1. The fourth-order valence-corrected chi connectivity index (χ4v) is 1.45. The van der Waals surface area contributed by atoms with Crippen LogP contribution in [0.3, 0.4) is 0 Å². The molecule has 82 valence electrons. The predicted octanol–water partition coefficient (Wildman–Crippen LogP) is 1.83. The van der Waals surface area contributed by atoms with Gasteiger partial charge in [0.05, 0.1) is 5.69 Å². The first-order valence-electron chi connectivity index (χ1n) is 5.20. The van der Waals surface area contributed by atoms with E-state index in [1.165, 1.54) is 0 Å². The lowest BCUT2D eigenvalue weighted by Gasteiger charge is -1.96. The highest BCUT2D eigenvalue weighted by Gasteiger charge is 2.09. The number of carbonyl (C=O) groups is 1. The van der Waals surface area contributed by atoms with Crippen LogP contribution in [0.25, 0.3) is 11.3 Å². The van der Waals surface area contributed by atoms with E-state index < -0.39 is 0 Å². The van der Waals surface area contributed by atoms with Gasteiger partial charge in [-0.05, 0) is 13.0 Å². The summed E-state index contributed by atoms with van der Waals surface area (Å²) >= 11 is 0. The van der Waals surface area contributed by atoms with Gasteiger partial charge < -0.3 is 5.32 Å². The molecule has 0 aliphatic carbocycles. The number of benzene rings is 1. The molecule has 0 saturated heterocycles. The molecule has 2 N–H and O–H groups in total. The van der Waals surface area contributed by atoms with Crippen molar-refractivity contribution in [3.05, 3.63) is 42.1 Å². The molecule has 1 heterocycles. The lowest BCUT2D eigenvalue weighted by molar-refractivity contribution is 0.0951. The summed E-state index contributed by atoms with van der Waals surface area (Å²) in [6.45, 7) is 2.49. The smallest absolute Gasteiger partial charge is 0.269 e. The first-order valence-corrected chi connectivity index (χ1v) is 5.20. The highest BCUT2D eigenvalue weighted by Crippen LogP contribution is 2.16. The van der Waals surface area contributed by atoms with Crippen molar-refractivity contribution in [1.82, 2.24) is 15.5 Å². The van der Waals surface area contributed by atoms with Crippen LogP contribution in [0, 0.1) is 0 Å². The molecule has 0 atom stereocenters. The van der Waals surface area contributed by atoms with Gasteiger partial charge in [-0.3, -0.25) is 9.89 Å². The van der Waals surface area contributed by atoms with Crippen molar-refractivity contribution in [3.8, 4) is 11.3 Å². The molecule has 1 aromatic carbocycles. The Kier molecular flexibility index (Phi) is 3.00. The lowest BCUT2D eigenvalue weighted by Crippen LogP contribution is -2.22. The second kappa shape index (κ2) is 4.61. The molecular formula is C12H13N3O. The van der Waals surface area contributed by atoms with Crippen LogP contribution in [0.2, 0.25) is 0 Å². The predicted molar refractivity (Wildman–Crippen MR) is 62.0 cm³/mol. The molecule has 4 heteroatoms. The highest BCUT2D eigenvalue weighted by molar-refractivity contribution is 5.93. The SMILES string of the molecule is CCNC(=O)c1cc(-c2ccccc2)n[nH]1. The second-order valence-corrected chi connectivity index (χ2v) is 3.39. The zero-order valence-corrected chi connectivity index (χ0v) is 9.03. The van der Waals surface area contributed by atoms with Crippen molar-refractivity contribution in [2.75, 3.05) is 6.54 Å². The highest BCUT2D eigenvalue weighted by atomic mass is 16.1. The normalized spacial score (nSPS) is 10.1. The molecular weight excluding hydrogens is 202 g/mol. The van der Waals surface area contributed by atoms with Crippen LogP contribution in [0.1, 0.15) is 17.4 Å². The van der Waals surface area contributed by atoms with E-state index in [0.717, 1.165) is 11.3 Å². The molecule has 0 unspecified atom stereocenters. The summed E-state index contributed by atoms with van der Waals surface area (Å²) in [5.74, 6) is -0.128. The molecule has 2 aromatic rings. The summed E-state index contributed by atoms with van der Waals surface area (Å²) in [7, 11) is 0. The number of nitrogens with zero attached hydrogens (tertiary/aromatic N) is 1. The average Bonchev–Trinajstić information content (AvgIpc) is 2.80. The number of rotatable bonds is 3. The summed E-state index contributed by atoms with van der Waals surface area (Å²) < 4.78 is 0. The summed E-state index contributed by atoms with van der Waals surface area (Å²) in [6, 6.07) is 11.5. The maximum absolute atomic E-state index is 11.5. The van der Waals surface area contributed by atoms with Crippen LogP contribution in [-0.2, 0) is 0 Å². The van der Waals surface area contributed by atoms with E-state index >= 15 is 0 Å². The molecule has 2 rings (SSSR count). The number of hydrogen-bond acceptors (Lipinski definition) is 2. The van der Waals surface area contributed by atoms with E-state index in [0.29, 0.717) is 12.2 Å². The Balaban J connectivity index is 2.23. The van der Waals surface area contributed by atoms with Crippen LogP contribution in [0.15, 0.2) is 36.4 Å². The van der Waals surface area contributed by atoms with E-state index in [4.69, 9.17) is 0 Å². The second-order valence-electron chi connectivity index (χ2n) is 3.39. The van der Waals surface area contributed by atoms with Gasteiger partial charge in [-0.2, -0.15) is 5.10 Å². The Morgan fingerprint density at radius 2 is 2.12 bits per heavy atom. The van der Waals surface area contributed by atoms with Gasteiger partial charge in [0.15, 0.2) is 0 Å². The van der Waals surface area contributed by atoms with Crippen LogP contribution in [0.5, 0.6) is 0 Å². The molecule has 0 radical (unpaired) electrons. The van der Waals surface area contributed by atoms with Crippen LogP contribution in [0.4, 0.5) is 0 Å². The van der Waals surface area contributed by atoms with Crippen molar-refractivity contribution in [2.45, 2.75) is 6.92 Å². The first-order chi connectivity index (χ1) is 7.81. The molecule has 4 nitrogen and oxygen atoms in total. The van der Waals surface area contributed by atoms with Gasteiger partial charge in [0.2, 0.25) is 0 Å². The molecule has 0 aliphatic heterocycles. The zero-order valence-electron chi connectivity index (χ0n) is 9.03. The summed E-state index contributed by atoms with van der Waals surface area (Å²) in [6.07, 6.45) is 0. The number of nitrogens with one attached hydrogen (secondary N) is 2. The molecule has 16 heavy (non-hydrogen) atoms. The fraction of sp³-hybridized carbons (Fsp3) is 0.167. The largest absolute Gasteiger partial charge is 0.351 e. The van der Waals surface area contributed by atoms with Gasteiger partial charge in [0, 0.05) is 12.1 Å². The molecule has 1 amide bonds. The molecule has 0 saturated carbocycles. The lowest BCUT2D eigenvalue weighted by atomic mass is 10.1. The molecule has 1 aromatic heterocycles. The van der Waals surface area contributed by atoms with Crippen molar-refractivity contribution < 1.29 is 4.79 Å². The molecule has 0 bridgehead atoms. The van der Waals surface area contributed by atoms with Gasteiger partial charge in [0.1, 0.15) is 5.69 Å². The van der Waals surface area contributed by atoms with E-state index in [-0.39, 0.29) is 5.91 Å². The Hall–Kier alpha value is -2.10. The van der Waals surface area contributed by atoms with E-state index in [1.807, 2.05) is 37.3 Å². The van der Waals surface area contributed by atoms with E-state index in [1.54, 1.807) is 6.07 Å². The Labute approximate surface area is 93.7 Å². The van der Waals surface area contributed by atoms with Gasteiger partial charge in [-0.15, -0.1) is 0 Å². The van der Waals surface area contributed by atoms with Crippen LogP contribution in [-0.4, -0.2) is 22.6 Å². The minimum atomic E-state index is -0.128. The van der Waals surface area contributed by atoms with Crippen LogP contribution >= 0.6 is 0 Å². The average molecular weight is 215 g/mol. The maximum atomic E-state index is 11.5. The molecule has 0 aliphatic rings. The first kappa shape index (κ1) is 10.4. The van der Waals surface area contributed by atoms with Crippen LogP contribution < -0.4 is 5.32 Å². The van der Waals surface area contributed by atoms with Crippen molar-refractivity contribution in [3.63, 3.8) is 0 Å². The number of aromatic amines is 1. The fourth-order valence-electron chi connectivity index (χ4n) is 1.45. The third kappa shape index (κ3) is 2.11. The van der Waals surface area contributed by atoms with E-state index in [2.05, 4.69) is 15.5 Å². The van der Waals surface area contributed by atoms with Crippen molar-refractivity contribution in [2.24, 2.45) is 0 Å². The summed E-state index contributed by atoms with van der Waals surface area (Å²) in [4.78, 5) is 11.5. The Morgan fingerprint density at radius 3 is 2.81 bits per heavy atom. The number of H-pyrrole nitrogens is 1. The quantitative estimate of drug-likeness (QED) is 0.820. The number of aromatic nitrogens is 2. The summed E-state index contributed by atoms with van der Waals surface area (Å²) in [5.41, 5.74) is 2.26. The zero-order chi connectivity index (χ0) is 11.4. The van der Waals surface area contributed by atoms with Gasteiger partial charge in [-0.25, -0.2) is 0 Å². The van der Waals surface area contributed by atoms with Gasteiger partial charge >= 0.3 is 0 Å². The van der Waals surface area contributed by atoms with Gasteiger partial charge in [-0.1, -0.05) is 30.3 Å². The molecule has 0 spiro atoms. The van der Waals surface area contributed by atoms with E-state index in [9.17, 15) is 4.79 Å². The van der Waals surface area contributed by atoms with Crippen molar-refractivity contribution in [1.29, 1.82) is 0 Å². The minimum Gasteiger partial charge on any atom is -0.351 e. The third-order valence-electron chi connectivity index (χ3n) is 2.23. The minimum absolute atomic E-state index is 0.128. The number of carbonyl (C=O) groups excluding carboxylic acids is 1. The standard InChI is InChI=1S/C12H13N3O/c1-2-13-12(16)11-8-10(14-15-11)9-6-4-3-5-7-9/h3-8H,2H2,1H3,(H,13,16)(H,14,15). The maximum Gasteiger partial charge on any atom is 0.269 e.